The molecule has 0 unspecified atom stereocenters. The molecule has 0 saturated carbocycles. The molecule has 2 aromatic heterocycles. The van der Waals surface area contributed by atoms with E-state index in [1.54, 1.807) is 0 Å². The van der Waals surface area contributed by atoms with Crippen LogP contribution in [0.5, 0.6) is 0 Å². The fraction of sp³-hybridized carbons (Fsp3) is 0.500. The first kappa shape index (κ1) is 11.7. The SMILES string of the molecule is CN1CCC[C@@H](Nc2nnc(Cl)c3cccn23)C1. The Balaban J connectivity index is 1.86. The summed E-state index contributed by atoms with van der Waals surface area (Å²) in [5, 5.41) is 12.0. The van der Waals surface area contributed by atoms with Crippen molar-refractivity contribution in [2.24, 2.45) is 0 Å². The Bertz CT molecular complexity index is 552. The molecule has 1 aliphatic heterocycles. The third-order valence-electron chi connectivity index (χ3n) is 3.38. The largest absolute Gasteiger partial charge is 0.350 e. The monoisotopic (exact) mass is 265 g/mol. The zero-order valence-corrected chi connectivity index (χ0v) is 11.1. The molecule has 0 aromatic carbocycles. The summed E-state index contributed by atoms with van der Waals surface area (Å²) in [6.07, 6.45) is 4.33. The summed E-state index contributed by atoms with van der Waals surface area (Å²) in [6.45, 7) is 2.20. The van der Waals surface area contributed by atoms with Gasteiger partial charge in [0.05, 0.1) is 5.52 Å². The van der Waals surface area contributed by atoms with Crippen molar-refractivity contribution in [1.82, 2.24) is 19.5 Å². The molecule has 0 aliphatic carbocycles. The number of aromatic nitrogens is 3. The van der Waals surface area contributed by atoms with Gasteiger partial charge in [-0.05, 0) is 38.6 Å². The van der Waals surface area contributed by atoms with Gasteiger partial charge >= 0.3 is 0 Å². The quantitative estimate of drug-likeness (QED) is 0.901. The fourth-order valence-corrected chi connectivity index (χ4v) is 2.68. The minimum atomic E-state index is 0.421. The summed E-state index contributed by atoms with van der Waals surface area (Å²) >= 11 is 6.01. The molecule has 3 heterocycles. The predicted molar refractivity (Wildman–Crippen MR) is 72.1 cm³/mol. The van der Waals surface area contributed by atoms with Crippen LogP contribution in [0.1, 0.15) is 12.8 Å². The van der Waals surface area contributed by atoms with E-state index < -0.39 is 0 Å². The smallest absolute Gasteiger partial charge is 0.228 e. The van der Waals surface area contributed by atoms with Crippen molar-refractivity contribution in [3.05, 3.63) is 23.5 Å². The van der Waals surface area contributed by atoms with Crippen LogP contribution in [0.15, 0.2) is 18.3 Å². The van der Waals surface area contributed by atoms with Crippen LogP contribution >= 0.6 is 11.6 Å². The maximum absolute atomic E-state index is 6.01. The van der Waals surface area contributed by atoms with Crippen molar-refractivity contribution in [2.45, 2.75) is 18.9 Å². The van der Waals surface area contributed by atoms with Crippen LogP contribution in [0, 0.1) is 0 Å². The third kappa shape index (κ3) is 2.15. The fourth-order valence-electron chi connectivity index (χ4n) is 2.49. The molecule has 6 heteroatoms. The van der Waals surface area contributed by atoms with E-state index in [0.717, 1.165) is 24.4 Å². The molecule has 1 aliphatic rings. The van der Waals surface area contributed by atoms with Gasteiger partial charge in [0.2, 0.25) is 5.95 Å². The van der Waals surface area contributed by atoms with Crippen molar-refractivity contribution < 1.29 is 0 Å². The summed E-state index contributed by atoms with van der Waals surface area (Å²) in [6, 6.07) is 4.31. The standard InChI is InChI=1S/C12H16ClN5/c1-17-6-2-4-9(8-17)14-12-16-15-11(13)10-5-3-7-18(10)12/h3,5,7,9H,2,4,6,8H2,1H3,(H,14,16)/t9-/m1/s1. The van der Waals surface area contributed by atoms with E-state index in [0.29, 0.717) is 11.2 Å². The highest BCUT2D eigenvalue weighted by molar-refractivity contribution is 6.32. The Hall–Kier alpha value is -1.33. The number of halogens is 1. The van der Waals surface area contributed by atoms with Gasteiger partial charge in [0.15, 0.2) is 5.15 Å². The van der Waals surface area contributed by atoms with Crippen LogP contribution < -0.4 is 5.32 Å². The molecule has 1 N–H and O–H groups in total. The Morgan fingerprint density at radius 3 is 3.17 bits per heavy atom. The van der Waals surface area contributed by atoms with E-state index in [-0.39, 0.29) is 0 Å². The molecule has 2 aromatic rings. The molecule has 5 nitrogen and oxygen atoms in total. The number of fused-ring (bicyclic) bond motifs is 1. The van der Waals surface area contributed by atoms with E-state index in [1.807, 2.05) is 22.7 Å². The average molecular weight is 266 g/mol. The lowest BCUT2D eigenvalue weighted by Crippen LogP contribution is -2.40. The Kier molecular flexibility index (Phi) is 3.09. The highest BCUT2D eigenvalue weighted by Crippen LogP contribution is 2.19. The minimum Gasteiger partial charge on any atom is -0.350 e. The summed E-state index contributed by atoms with van der Waals surface area (Å²) < 4.78 is 1.95. The maximum atomic E-state index is 6.01. The first-order valence-corrected chi connectivity index (χ1v) is 6.56. The first-order chi connectivity index (χ1) is 8.74. The van der Waals surface area contributed by atoms with Crippen LogP contribution in [0.4, 0.5) is 5.95 Å². The van der Waals surface area contributed by atoms with Gasteiger partial charge in [0.1, 0.15) is 0 Å². The van der Waals surface area contributed by atoms with E-state index in [4.69, 9.17) is 11.6 Å². The molecule has 0 radical (unpaired) electrons. The Morgan fingerprint density at radius 1 is 1.44 bits per heavy atom. The van der Waals surface area contributed by atoms with Crippen LogP contribution in [0.2, 0.25) is 5.15 Å². The summed E-state index contributed by atoms with van der Waals surface area (Å²) in [5.74, 6) is 0.764. The van der Waals surface area contributed by atoms with Gasteiger partial charge < -0.3 is 10.2 Å². The molecule has 1 saturated heterocycles. The number of hydrogen-bond acceptors (Lipinski definition) is 4. The zero-order chi connectivity index (χ0) is 12.5. The Labute approximate surface area is 111 Å². The number of hydrogen-bond donors (Lipinski definition) is 1. The molecule has 0 amide bonds. The summed E-state index contributed by atoms with van der Waals surface area (Å²) in [5.41, 5.74) is 0.887. The second kappa shape index (κ2) is 4.74. The van der Waals surface area contributed by atoms with Gasteiger partial charge in [0, 0.05) is 18.8 Å². The van der Waals surface area contributed by atoms with Gasteiger partial charge in [-0.1, -0.05) is 11.6 Å². The molecule has 1 fully saturated rings. The van der Waals surface area contributed by atoms with Crippen molar-refractivity contribution in [3.63, 3.8) is 0 Å². The number of nitrogens with zero attached hydrogens (tertiary/aromatic N) is 4. The van der Waals surface area contributed by atoms with Gasteiger partial charge in [-0.15, -0.1) is 10.2 Å². The molecular formula is C12H16ClN5. The lowest BCUT2D eigenvalue weighted by atomic mass is 10.1. The Morgan fingerprint density at radius 2 is 2.33 bits per heavy atom. The predicted octanol–water partition coefficient (Wildman–Crippen LogP) is 1.89. The number of nitrogens with one attached hydrogen (secondary N) is 1. The molecule has 1 atom stereocenters. The molecule has 96 valence electrons. The lowest BCUT2D eigenvalue weighted by molar-refractivity contribution is 0.260. The molecule has 0 spiro atoms. The van der Waals surface area contributed by atoms with Crippen molar-refractivity contribution in [2.75, 3.05) is 25.5 Å². The highest BCUT2D eigenvalue weighted by Gasteiger charge is 2.18. The number of likely N-dealkylation sites (N-methyl/N-ethyl adjacent to an activating group) is 1. The molecular weight excluding hydrogens is 250 g/mol. The minimum absolute atomic E-state index is 0.421. The van der Waals surface area contributed by atoms with E-state index in [9.17, 15) is 0 Å². The second-order valence-corrected chi connectivity index (χ2v) is 5.18. The third-order valence-corrected chi connectivity index (χ3v) is 3.65. The highest BCUT2D eigenvalue weighted by atomic mass is 35.5. The van der Waals surface area contributed by atoms with Gasteiger partial charge in [-0.2, -0.15) is 0 Å². The van der Waals surface area contributed by atoms with Crippen LogP contribution in [0.25, 0.3) is 5.52 Å². The van der Waals surface area contributed by atoms with Crippen molar-refractivity contribution >= 4 is 23.1 Å². The molecule has 0 bridgehead atoms. The van der Waals surface area contributed by atoms with Crippen LogP contribution in [-0.4, -0.2) is 45.7 Å². The van der Waals surface area contributed by atoms with Crippen molar-refractivity contribution in [1.29, 1.82) is 0 Å². The topological polar surface area (TPSA) is 45.5 Å². The molecule has 18 heavy (non-hydrogen) atoms. The maximum Gasteiger partial charge on any atom is 0.228 e. The average Bonchev–Trinajstić information content (AvgIpc) is 2.83. The number of anilines is 1. The van der Waals surface area contributed by atoms with Gasteiger partial charge in [-0.3, -0.25) is 4.40 Å². The van der Waals surface area contributed by atoms with Crippen LogP contribution in [-0.2, 0) is 0 Å². The van der Waals surface area contributed by atoms with E-state index >= 15 is 0 Å². The van der Waals surface area contributed by atoms with Gasteiger partial charge in [-0.25, -0.2) is 0 Å². The van der Waals surface area contributed by atoms with E-state index in [1.165, 1.54) is 13.0 Å². The lowest BCUT2D eigenvalue weighted by Gasteiger charge is -2.30. The van der Waals surface area contributed by atoms with Crippen molar-refractivity contribution in [3.8, 4) is 0 Å². The summed E-state index contributed by atoms with van der Waals surface area (Å²) in [7, 11) is 2.15. The number of likely N-dealkylation sites (tertiary alicyclic amines) is 1. The second-order valence-electron chi connectivity index (χ2n) is 4.82. The number of rotatable bonds is 2. The van der Waals surface area contributed by atoms with Gasteiger partial charge in [0.25, 0.3) is 0 Å². The normalized spacial score (nSPS) is 21.3. The molecule has 3 rings (SSSR count). The summed E-state index contributed by atoms with van der Waals surface area (Å²) in [4.78, 5) is 2.33. The zero-order valence-electron chi connectivity index (χ0n) is 10.3. The van der Waals surface area contributed by atoms with E-state index in [2.05, 4.69) is 27.5 Å². The first-order valence-electron chi connectivity index (χ1n) is 6.18. The van der Waals surface area contributed by atoms with Crippen LogP contribution in [0.3, 0.4) is 0 Å². The number of piperidine rings is 1.